The maximum absolute atomic E-state index is 11.9. The number of rotatable bonds is 1. The third kappa shape index (κ3) is 2.24. The van der Waals surface area contributed by atoms with Crippen molar-refractivity contribution in [3.63, 3.8) is 0 Å². The molecule has 2 aliphatic rings. The molecule has 1 fully saturated rings. The van der Waals surface area contributed by atoms with Gasteiger partial charge in [-0.2, -0.15) is 0 Å². The molecule has 0 aromatic rings. The monoisotopic (exact) mass is 250 g/mol. The second kappa shape index (κ2) is 4.54. The molecule has 0 aromatic carbocycles. The molecule has 3 nitrogen and oxygen atoms in total. The van der Waals surface area contributed by atoms with E-state index in [1.807, 2.05) is 6.08 Å². The lowest BCUT2D eigenvalue weighted by Gasteiger charge is -2.35. The molecule has 18 heavy (non-hydrogen) atoms. The van der Waals surface area contributed by atoms with E-state index in [1.54, 1.807) is 6.92 Å². The van der Waals surface area contributed by atoms with Crippen molar-refractivity contribution in [1.29, 1.82) is 0 Å². The normalized spacial score (nSPS) is 34.1. The molecular formula is C15H22O3. The molecule has 1 saturated heterocycles. The van der Waals surface area contributed by atoms with E-state index in [0.29, 0.717) is 17.9 Å². The Morgan fingerprint density at radius 2 is 2.11 bits per heavy atom. The van der Waals surface area contributed by atoms with Crippen LogP contribution in [0.2, 0.25) is 0 Å². The minimum absolute atomic E-state index is 0.146. The van der Waals surface area contributed by atoms with Crippen LogP contribution >= 0.6 is 0 Å². The Bertz CT molecular complexity index is 429. The van der Waals surface area contributed by atoms with Crippen LogP contribution in [0.25, 0.3) is 0 Å². The van der Waals surface area contributed by atoms with Gasteiger partial charge < -0.3 is 9.84 Å². The number of carbonyl (C=O) groups is 1. The number of hydrogen-bond acceptors (Lipinski definition) is 3. The number of aliphatic hydroxyl groups is 1. The summed E-state index contributed by atoms with van der Waals surface area (Å²) < 4.78 is 5.62. The summed E-state index contributed by atoms with van der Waals surface area (Å²) in [5, 5.41) is 9.78. The summed E-state index contributed by atoms with van der Waals surface area (Å²) in [7, 11) is 0. The summed E-state index contributed by atoms with van der Waals surface area (Å²) in [6, 6.07) is 0. The topological polar surface area (TPSA) is 46.5 Å². The van der Waals surface area contributed by atoms with Gasteiger partial charge in [-0.15, -0.1) is 0 Å². The van der Waals surface area contributed by atoms with Gasteiger partial charge in [0.05, 0.1) is 12.4 Å². The van der Waals surface area contributed by atoms with Crippen molar-refractivity contribution in [3.05, 3.63) is 23.0 Å². The Hall–Kier alpha value is -1.09. The summed E-state index contributed by atoms with van der Waals surface area (Å²) in [4.78, 5) is 11.9. The zero-order chi connectivity index (χ0) is 13.5. The van der Waals surface area contributed by atoms with Crippen molar-refractivity contribution in [2.75, 3.05) is 6.61 Å². The minimum Gasteiger partial charge on any atom is -0.498 e. The van der Waals surface area contributed by atoms with Crippen LogP contribution in [0.4, 0.5) is 0 Å². The van der Waals surface area contributed by atoms with Crippen LogP contribution in [0.1, 0.15) is 40.5 Å². The van der Waals surface area contributed by atoms with Gasteiger partial charge in [-0.25, -0.2) is 0 Å². The van der Waals surface area contributed by atoms with Crippen molar-refractivity contribution in [3.8, 4) is 0 Å². The molecule has 1 heterocycles. The third-order valence-electron chi connectivity index (χ3n) is 4.10. The highest BCUT2D eigenvalue weighted by Crippen LogP contribution is 2.41. The van der Waals surface area contributed by atoms with E-state index in [0.717, 1.165) is 24.4 Å². The van der Waals surface area contributed by atoms with E-state index >= 15 is 0 Å². The average molecular weight is 250 g/mol. The van der Waals surface area contributed by atoms with Crippen LogP contribution < -0.4 is 0 Å². The van der Waals surface area contributed by atoms with E-state index in [2.05, 4.69) is 20.8 Å². The number of ether oxygens (including phenoxy) is 1. The first-order valence-corrected chi connectivity index (χ1v) is 6.61. The van der Waals surface area contributed by atoms with E-state index in [9.17, 15) is 9.90 Å². The highest BCUT2D eigenvalue weighted by molar-refractivity contribution is 6.00. The molecule has 2 rings (SSSR count). The molecule has 2 atom stereocenters. The number of aliphatic hydroxyl groups excluding tert-OH is 1. The highest BCUT2D eigenvalue weighted by atomic mass is 16.5. The molecule has 0 spiro atoms. The fraction of sp³-hybridized carbons (Fsp3) is 0.667. The molecule has 0 bridgehead atoms. The van der Waals surface area contributed by atoms with Gasteiger partial charge in [-0.3, -0.25) is 4.79 Å². The lowest BCUT2D eigenvalue weighted by Crippen LogP contribution is -2.35. The molecule has 3 heteroatoms. The predicted octanol–water partition coefficient (Wildman–Crippen LogP) is 2.60. The van der Waals surface area contributed by atoms with Crippen molar-refractivity contribution in [1.82, 2.24) is 0 Å². The standard InChI is InChI=1S/C15H22O3/c1-9-5-6-18-13(9)7-11-10(2)14(17)12(16)8-15(11,3)4/h7,9,12,16H,5-6,8H2,1-4H3/b13-7-. The molecule has 0 radical (unpaired) electrons. The molecular weight excluding hydrogens is 228 g/mol. The molecule has 100 valence electrons. The van der Waals surface area contributed by atoms with E-state index in [4.69, 9.17) is 4.74 Å². The SMILES string of the molecule is CC1=C(/C=C2\OCCC2C)C(C)(C)CC(O)C1=O. The Labute approximate surface area is 109 Å². The second-order valence-electron chi connectivity index (χ2n) is 6.09. The van der Waals surface area contributed by atoms with Crippen LogP contribution in [0.3, 0.4) is 0 Å². The van der Waals surface area contributed by atoms with Crippen LogP contribution in [0.5, 0.6) is 0 Å². The summed E-state index contributed by atoms with van der Waals surface area (Å²) >= 11 is 0. The fourth-order valence-corrected chi connectivity index (χ4v) is 2.84. The zero-order valence-corrected chi connectivity index (χ0v) is 11.6. The number of allylic oxidation sites excluding steroid dienone is 3. The average Bonchev–Trinajstić information content (AvgIpc) is 2.67. The van der Waals surface area contributed by atoms with Gasteiger partial charge in [0.25, 0.3) is 0 Å². The second-order valence-corrected chi connectivity index (χ2v) is 6.09. The van der Waals surface area contributed by atoms with E-state index < -0.39 is 6.10 Å². The van der Waals surface area contributed by atoms with Crippen molar-refractivity contribution >= 4 is 5.78 Å². The molecule has 0 amide bonds. The van der Waals surface area contributed by atoms with Crippen LogP contribution in [0.15, 0.2) is 23.0 Å². The lowest BCUT2D eigenvalue weighted by atomic mass is 9.71. The predicted molar refractivity (Wildman–Crippen MR) is 69.9 cm³/mol. The number of Topliss-reactive ketones (excluding diaryl/α,β-unsaturated/α-hetero) is 1. The van der Waals surface area contributed by atoms with Crippen molar-refractivity contribution in [2.24, 2.45) is 11.3 Å². The van der Waals surface area contributed by atoms with E-state index in [-0.39, 0.29) is 11.2 Å². The van der Waals surface area contributed by atoms with Gasteiger partial charge in [-0.05, 0) is 42.4 Å². The number of hydrogen-bond donors (Lipinski definition) is 1. The maximum atomic E-state index is 11.9. The van der Waals surface area contributed by atoms with Crippen molar-refractivity contribution in [2.45, 2.75) is 46.6 Å². The van der Waals surface area contributed by atoms with Gasteiger partial charge in [0.15, 0.2) is 5.78 Å². The molecule has 2 unspecified atom stereocenters. The first-order chi connectivity index (χ1) is 8.33. The van der Waals surface area contributed by atoms with E-state index in [1.165, 1.54) is 0 Å². The Morgan fingerprint density at radius 1 is 1.44 bits per heavy atom. The smallest absolute Gasteiger partial charge is 0.187 e. The number of ketones is 1. The first-order valence-electron chi connectivity index (χ1n) is 6.61. The summed E-state index contributed by atoms with van der Waals surface area (Å²) in [6.45, 7) is 8.84. The van der Waals surface area contributed by atoms with Gasteiger partial charge in [0.2, 0.25) is 0 Å². The zero-order valence-electron chi connectivity index (χ0n) is 11.6. The molecule has 1 aliphatic heterocycles. The number of carbonyl (C=O) groups excluding carboxylic acids is 1. The summed E-state index contributed by atoms with van der Waals surface area (Å²) in [5.74, 6) is 1.25. The maximum Gasteiger partial charge on any atom is 0.187 e. The minimum atomic E-state index is -0.857. The molecule has 1 N–H and O–H groups in total. The Kier molecular flexibility index (Phi) is 3.37. The fourth-order valence-electron chi connectivity index (χ4n) is 2.84. The van der Waals surface area contributed by atoms with Gasteiger partial charge in [-0.1, -0.05) is 20.8 Å². The lowest BCUT2D eigenvalue weighted by molar-refractivity contribution is -0.125. The van der Waals surface area contributed by atoms with Crippen LogP contribution in [-0.2, 0) is 9.53 Å². The summed E-state index contributed by atoms with van der Waals surface area (Å²) in [6.07, 6.45) is 2.69. The highest BCUT2D eigenvalue weighted by Gasteiger charge is 2.37. The first kappa shape index (κ1) is 13.3. The van der Waals surface area contributed by atoms with Crippen LogP contribution in [-0.4, -0.2) is 23.6 Å². The molecule has 1 aliphatic carbocycles. The van der Waals surface area contributed by atoms with Crippen molar-refractivity contribution < 1.29 is 14.6 Å². The van der Waals surface area contributed by atoms with Gasteiger partial charge >= 0.3 is 0 Å². The van der Waals surface area contributed by atoms with Crippen LogP contribution in [0, 0.1) is 11.3 Å². The van der Waals surface area contributed by atoms with Gasteiger partial charge in [0.1, 0.15) is 6.10 Å². The Balaban J connectivity index is 2.43. The molecule has 0 saturated carbocycles. The Morgan fingerprint density at radius 3 is 2.67 bits per heavy atom. The van der Waals surface area contributed by atoms with Gasteiger partial charge in [0, 0.05) is 5.92 Å². The summed E-state index contributed by atoms with van der Waals surface area (Å²) in [5.41, 5.74) is 1.51. The quantitative estimate of drug-likeness (QED) is 0.778. The third-order valence-corrected chi connectivity index (χ3v) is 4.10. The largest absolute Gasteiger partial charge is 0.498 e. The molecule has 0 aromatic heterocycles.